The van der Waals surface area contributed by atoms with E-state index in [1.807, 2.05) is 0 Å². The Hall–Kier alpha value is -0.180. The predicted molar refractivity (Wildman–Crippen MR) is 75.7 cm³/mol. The van der Waals surface area contributed by atoms with Gasteiger partial charge in [-0.1, -0.05) is 12.1 Å². The number of hydrogen-bond donors (Lipinski definition) is 1. The normalized spacial score (nSPS) is 12.8. The van der Waals surface area contributed by atoms with Gasteiger partial charge < -0.3 is 4.55 Å². The molecule has 1 unspecified atom stereocenters. The summed E-state index contributed by atoms with van der Waals surface area (Å²) in [7, 11) is 0. The van der Waals surface area contributed by atoms with Crippen LogP contribution in [-0.2, 0) is 17.3 Å². The molecule has 0 amide bonds. The topological polar surface area (TPSA) is 37.3 Å². The molecule has 0 radical (unpaired) electrons. The van der Waals surface area contributed by atoms with Gasteiger partial charge in [-0.3, -0.25) is 0 Å². The van der Waals surface area contributed by atoms with Crippen LogP contribution in [0.1, 0.15) is 10.4 Å². The van der Waals surface area contributed by atoms with E-state index in [1.54, 1.807) is 6.92 Å². The van der Waals surface area contributed by atoms with Crippen molar-refractivity contribution in [2.24, 2.45) is 0 Å². The van der Waals surface area contributed by atoms with E-state index in [1.165, 1.54) is 18.2 Å². The zero-order chi connectivity index (χ0) is 14.2. The third-order valence-electron chi connectivity index (χ3n) is 2.59. The van der Waals surface area contributed by atoms with Gasteiger partial charge in [0.1, 0.15) is 4.21 Å². The van der Waals surface area contributed by atoms with Crippen LogP contribution in [0.25, 0.3) is 11.1 Å². The van der Waals surface area contributed by atoms with Crippen LogP contribution in [0.5, 0.6) is 0 Å². The van der Waals surface area contributed by atoms with Gasteiger partial charge in [0.25, 0.3) is 0 Å². The minimum atomic E-state index is -4.36. The van der Waals surface area contributed by atoms with Crippen molar-refractivity contribution in [3.63, 3.8) is 0 Å². The van der Waals surface area contributed by atoms with E-state index in [4.69, 9.17) is 4.55 Å². The van der Waals surface area contributed by atoms with E-state index in [0.717, 1.165) is 28.3 Å². The SMILES string of the molecule is Cc1sc(S(=O)O)cc1-c1ccc(C(F)(F)F)cc1.[NaH]. The van der Waals surface area contributed by atoms with Crippen LogP contribution in [0.2, 0.25) is 0 Å². The minimum absolute atomic E-state index is 0. The molecule has 0 saturated carbocycles. The van der Waals surface area contributed by atoms with Crippen molar-refractivity contribution < 1.29 is 21.9 Å². The average molecular weight is 330 g/mol. The molecular formula is C12H10F3NaO2S2. The van der Waals surface area contributed by atoms with Crippen LogP contribution in [0.15, 0.2) is 34.5 Å². The number of rotatable bonds is 2. The Morgan fingerprint density at radius 3 is 2.15 bits per heavy atom. The van der Waals surface area contributed by atoms with Crippen LogP contribution < -0.4 is 0 Å². The van der Waals surface area contributed by atoms with Gasteiger partial charge in [-0.25, -0.2) is 4.21 Å². The maximum absolute atomic E-state index is 12.4. The third kappa shape index (κ3) is 3.93. The monoisotopic (exact) mass is 330 g/mol. The zero-order valence-corrected chi connectivity index (χ0v) is 11.3. The van der Waals surface area contributed by atoms with E-state index in [0.29, 0.717) is 11.1 Å². The van der Waals surface area contributed by atoms with E-state index in [9.17, 15) is 17.4 Å². The first-order chi connectivity index (χ1) is 8.79. The van der Waals surface area contributed by atoms with Crippen molar-refractivity contribution in [2.75, 3.05) is 0 Å². The van der Waals surface area contributed by atoms with Gasteiger partial charge in [0.15, 0.2) is 11.1 Å². The molecule has 0 aliphatic heterocycles. The summed E-state index contributed by atoms with van der Waals surface area (Å²) in [6.45, 7) is 1.76. The van der Waals surface area contributed by atoms with Crippen molar-refractivity contribution in [1.29, 1.82) is 0 Å². The Kier molecular flexibility index (Phi) is 6.01. The number of halogens is 3. The number of hydrogen-bond acceptors (Lipinski definition) is 2. The summed E-state index contributed by atoms with van der Waals surface area (Å²) in [5.41, 5.74) is 0.560. The van der Waals surface area contributed by atoms with Gasteiger partial charge in [-0.15, -0.1) is 11.3 Å². The molecule has 1 N–H and O–H groups in total. The van der Waals surface area contributed by atoms with Crippen molar-refractivity contribution in [3.05, 3.63) is 40.8 Å². The van der Waals surface area contributed by atoms with Gasteiger partial charge in [-0.2, -0.15) is 13.2 Å². The van der Waals surface area contributed by atoms with Crippen molar-refractivity contribution in [1.82, 2.24) is 0 Å². The fourth-order valence-electron chi connectivity index (χ4n) is 1.67. The zero-order valence-electron chi connectivity index (χ0n) is 9.69. The van der Waals surface area contributed by atoms with E-state index in [-0.39, 0.29) is 33.8 Å². The second kappa shape index (κ2) is 6.72. The average Bonchev–Trinajstić information content (AvgIpc) is 2.70. The molecule has 0 spiro atoms. The molecule has 2 nitrogen and oxygen atoms in total. The van der Waals surface area contributed by atoms with Crippen LogP contribution in [0.3, 0.4) is 0 Å². The molecule has 0 bridgehead atoms. The first-order valence-electron chi connectivity index (χ1n) is 5.18. The van der Waals surface area contributed by atoms with Crippen LogP contribution in [0.4, 0.5) is 13.2 Å². The van der Waals surface area contributed by atoms with Gasteiger partial charge in [0.05, 0.1) is 5.56 Å². The first kappa shape index (κ1) is 17.9. The first-order valence-corrected chi connectivity index (χ1v) is 7.10. The quantitative estimate of drug-likeness (QED) is 0.674. The molecule has 0 aliphatic rings. The fraction of sp³-hybridized carbons (Fsp3) is 0.167. The number of alkyl halides is 3. The summed E-state index contributed by atoms with van der Waals surface area (Å²) in [6.07, 6.45) is -4.36. The molecule has 1 aromatic heterocycles. The van der Waals surface area contributed by atoms with Gasteiger partial charge >= 0.3 is 35.7 Å². The number of benzene rings is 1. The van der Waals surface area contributed by atoms with Crippen molar-refractivity contribution in [3.8, 4) is 11.1 Å². The van der Waals surface area contributed by atoms with E-state index in [2.05, 4.69) is 0 Å². The summed E-state index contributed by atoms with van der Waals surface area (Å²) in [6, 6.07) is 6.26. The Bertz CT molecular complexity index is 621. The summed E-state index contributed by atoms with van der Waals surface area (Å²) in [5.74, 6) is 0. The molecule has 2 aromatic rings. The maximum atomic E-state index is 12.4. The second-order valence-corrected chi connectivity index (χ2v) is 6.31. The Morgan fingerprint density at radius 2 is 1.75 bits per heavy atom. The summed E-state index contributed by atoms with van der Waals surface area (Å²) >= 11 is -0.917. The summed E-state index contributed by atoms with van der Waals surface area (Å²) < 4.78 is 57.6. The predicted octanol–water partition coefficient (Wildman–Crippen LogP) is 3.67. The number of aryl methyl sites for hydroxylation is 1. The molecule has 0 fully saturated rings. The van der Waals surface area contributed by atoms with Crippen molar-refractivity contribution in [2.45, 2.75) is 17.3 Å². The molecule has 0 aliphatic carbocycles. The Morgan fingerprint density at radius 1 is 1.20 bits per heavy atom. The molecule has 1 aromatic carbocycles. The van der Waals surface area contributed by atoms with Gasteiger partial charge in [-0.05, 0) is 36.2 Å². The molecule has 8 heteroatoms. The third-order valence-corrected chi connectivity index (χ3v) is 4.58. The molecule has 0 saturated heterocycles. The van der Waals surface area contributed by atoms with Crippen molar-refractivity contribution >= 4 is 52.0 Å². The Balaban J connectivity index is 0.00000200. The molecular weight excluding hydrogens is 320 g/mol. The molecule has 20 heavy (non-hydrogen) atoms. The fourth-order valence-corrected chi connectivity index (χ4v) is 3.31. The van der Waals surface area contributed by atoms with E-state index >= 15 is 0 Å². The van der Waals surface area contributed by atoms with Gasteiger partial charge in [0.2, 0.25) is 0 Å². The molecule has 1 atom stereocenters. The molecule has 2 rings (SSSR count). The number of thiophene rings is 1. The Labute approximate surface area is 142 Å². The summed E-state index contributed by atoms with van der Waals surface area (Å²) in [4.78, 5) is 0.789. The second-order valence-electron chi connectivity index (χ2n) is 3.86. The summed E-state index contributed by atoms with van der Waals surface area (Å²) in [5, 5.41) is 0. The van der Waals surface area contributed by atoms with Gasteiger partial charge in [0, 0.05) is 4.88 Å². The standard InChI is InChI=1S/C12H9F3O2S2.Na.H/c1-7-10(6-11(18-7)19(16)17)8-2-4-9(5-3-8)12(13,14)15;;/h2-6H,1H3,(H,16,17);;. The molecule has 104 valence electrons. The van der Waals surface area contributed by atoms with Crippen LogP contribution >= 0.6 is 11.3 Å². The van der Waals surface area contributed by atoms with Crippen LogP contribution in [0, 0.1) is 6.92 Å². The molecule has 1 heterocycles. The van der Waals surface area contributed by atoms with Crippen LogP contribution in [-0.4, -0.2) is 38.3 Å². The van der Waals surface area contributed by atoms with E-state index < -0.39 is 22.8 Å².